The zero-order valence-corrected chi connectivity index (χ0v) is 18.0. The summed E-state index contributed by atoms with van der Waals surface area (Å²) in [7, 11) is 0. The molecule has 28 heavy (non-hydrogen) atoms. The van der Waals surface area contributed by atoms with E-state index < -0.39 is 0 Å². The van der Waals surface area contributed by atoms with Crippen LogP contribution in [0, 0.1) is 13.8 Å². The van der Waals surface area contributed by atoms with Crippen molar-refractivity contribution in [2.24, 2.45) is 0 Å². The standard InChI is InChI=1S/C19H19N5OS3/c1-13-9-17(14(2)23(13)10-15-5-3-7-26-15)18(25)12-28-19-20-21-22-24(19)11-16-6-4-8-27-16/h3-9H,10-12H2,1-2H3. The third-order valence-electron chi connectivity index (χ3n) is 4.49. The van der Waals surface area contributed by atoms with Gasteiger partial charge < -0.3 is 4.57 Å². The first-order valence-corrected chi connectivity index (χ1v) is 11.5. The zero-order valence-electron chi connectivity index (χ0n) is 15.5. The van der Waals surface area contributed by atoms with Crippen LogP contribution < -0.4 is 0 Å². The molecule has 0 radical (unpaired) electrons. The van der Waals surface area contributed by atoms with Gasteiger partial charge in [-0.05, 0) is 53.2 Å². The van der Waals surface area contributed by atoms with E-state index in [0.717, 1.165) is 23.5 Å². The van der Waals surface area contributed by atoms with Gasteiger partial charge in [0.05, 0.1) is 18.8 Å². The van der Waals surface area contributed by atoms with Gasteiger partial charge in [-0.1, -0.05) is 23.9 Å². The van der Waals surface area contributed by atoms with Crippen LogP contribution >= 0.6 is 34.4 Å². The monoisotopic (exact) mass is 429 g/mol. The highest BCUT2D eigenvalue weighted by Crippen LogP contribution is 2.23. The highest BCUT2D eigenvalue weighted by molar-refractivity contribution is 7.99. The Balaban J connectivity index is 1.44. The van der Waals surface area contributed by atoms with E-state index in [9.17, 15) is 4.79 Å². The average molecular weight is 430 g/mol. The fourth-order valence-electron chi connectivity index (χ4n) is 3.04. The molecule has 144 valence electrons. The Morgan fingerprint density at radius 3 is 2.50 bits per heavy atom. The van der Waals surface area contributed by atoms with Crippen molar-refractivity contribution in [3.63, 3.8) is 0 Å². The van der Waals surface area contributed by atoms with E-state index in [0.29, 0.717) is 17.5 Å². The van der Waals surface area contributed by atoms with Crippen LogP contribution in [-0.2, 0) is 13.1 Å². The number of thioether (sulfide) groups is 1. The van der Waals surface area contributed by atoms with E-state index in [2.05, 4.69) is 37.6 Å². The molecule has 0 aliphatic rings. The van der Waals surface area contributed by atoms with Crippen molar-refractivity contribution >= 4 is 40.2 Å². The molecule has 0 aliphatic heterocycles. The molecule has 0 unspecified atom stereocenters. The van der Waals surface area contributed by atoms with Gasteiger partial charge in [0.2, 0.25) is 5.16 Å². The smallest absolute Gasteiger partial charge is 0.210 e. The molecule has 4 aromatic heterocycles. The topological polar surface area (TPSA) is 65.6 Å². The fourth-order valence-corrected chi connectivity index (χ4v) is 5.18. The number of hydrogen-bond donors (Lipinski definition) is 0. The van der Waals surface area contributed by atoms with E-state index in [4.69, 9.17) is 0 Å². The minimum Gasteiger partial charge on any atom is -0.343 e. The summed E-state index contributed by atoms with van der Waals surface area (Å²) >= 11 is 4.78. The molecule has 4 heterocycles. The maximum absolute atomic E-state index is 12.8. The van der Waals surface area contributed by atoms with Crippen LogP contribution in [0.5, 0.6) is 0 Å². The molecule has 0 aliphatic carbocycles. The zero-order chi connectivity index (χ0) is 19.5. The normalized spacial score (nSPS) is 11.2. The summed E-state index contributed by atoms with van der Waals surface area (Å²) in [6.07, 6.45) is 0. The Kier molecular flexibility index (Phi) is 5.74. The minimum absolute atomic E-state index is 0.0983. The molecule has 0 atom stereocenters. The van der Waals surface area contributed by atoms with Crippen LogP contribution in [0.1, 0.15) is 31.5 Å². The Labute approximate surface area is 175 Å². The number of aromatic nitrogens is 5. The molecule has 0 N–H and O–H groups in total. The van der Waals surface area contributed by atoms with E-state index in [-0.39, 0.29) is 5.78 Å². The quantitative estimate of drug-likeness (QED) is 0.309. The highest BCUT2D eigenvalue weighted by atomic mass is 32.2. The number of tetrazole rings is 1. The number of ketones is 1. The Hall–Kier alpha value is -2.23. The van der Waals surface area contributed by atoms with Gasteiger partial charge >= 0.3 is 0 Å². The van der Waals surface area contributed by atoms with Gasteiger partial charge in [-0.3, -0.25) is 4.79 Å². The second-order valence-electron chi connectivity index (χ2n) is 6.36. The van der Waals surface area contributed by atoms with Gasteiger partial charge in [0.15, 0.2) is 5.78 Å². The van der Waals surface area contributed by atoms with Crippen molar-refractivity contribution in [1.82, 2.24) is 24.8 Å². The maximum Gasteiger partial charge on any atom is 0.210 e. The van der Waals surface area contributed by atoms with E-state index in [1.807, 2.05) is 37.4 Å². The summed E-state index contributed by atoms with van der Waals surface area (Å²) in [6.45, 7) is 5.48. The predicted octanol–water partition coefficient (Wildman–Crippen LogP) is 4.29. The lowest BCUT2D eigenvalue weighted by Gasteiger charge is -2.08. The molecular formula is C19H19N5OS3. The van der Waals surface area contributed by atoms with Crippen molar-refractivity contribution in [2.75, 3.05) is 5.75 Å². The highest BCUT2D eigenvalue weighted by Gasteiger charge is 2.18. The largest absolute Gasteiger partial charge is 0.343 e. The van der Waals surface area contributed by atoms with Crippen molar-refractivity contribution in [3.8, 4) is 0 Å². The summed E-state index contributed by atoms with van der Waals surface area (Å²) in [4.78, 5) is 15.3. The number of hydrogen-bond acceptors (Lipinski definition) is 7. The molecule has 4 aromatic rings. The average Bonchev–Trinajstić information content (AvgIpc) is 3.47. The first-order valence-electron chi connectivity index (χ1n) is 8.75. The van der Waals surface area contributed by atoms with Gasteiger partial charge in [-0.2, -0.15) is 0 Å². The predicted molar refractivity (Wildman–Crippen MR) is 114 cm³/mol. The number of nitrogens with zero attached hydrogens (tertiary/aromatic N) is 5. The number of rotatable bonds is 8. The molecule has 0 saturated heterocycles. The number of carbonyl (C=O) groups is 1. The number of aryl methyl sites for hydroxylation is 1. The minimum atomic E-state index is 0.0983. The van der Waals surface area contributed by atoms with Gasteiger partial charge in [0.1, 0.15) is 0 Å². The van der Waals surface area contributed by atoms with Gasteiger partial charge in [-0.25, -0.2) is 4.68 Å². The lowest BCUT2D eigenvalue weighted by atomic mass is 10.2. The SMILES string of the molecule is Cc1cc(C(=O)CSc2nnnn2Cc2cccs2)c(C)n1Cc1cccs1. The number of Topliss-reactive ketones (excluding diaryl/α,β-unsaturated/α-hetero) is 1. The van der Waals surface area contributed by atoms with Crippen LogP contribution in [0.15, 0.2) is 46.2 Å². The third kappa shape index (κ3) is 4.11. The Bertz CT molecular complexity index is 1060. The van der Waals surface area contributed by atoms with Crippen LogP contribution in [-0.4, -0.2) is 36.3 Å². The van der Waals surface area contributed by atoms with Crippen LogP contribution in [0.3, 0.4) is 0 Å². The molecule has 4 rings (SSSR count). The maximum atomic E-state index is 12.8. The summed E-state index contributed by atoms with van der Waals surface area (Å²) in [6, 6.07) is 10.2. The van der Waals surface area contributed by atoms with Crippen LogP contribution in [0.4, 0.5) is 0 Å². The summed E-state index contributed by atoms with van der Waals surface area (Å²) in [5.74, 6) is 0.412. The van der Waals surface area contributed by atoms with Gasteiger partial charge in [0.25, 0.3) is 0 Å². The van der Waals surface area contributed by atoms with Crippen molar-refractivity contribution in [1.29, 1.82) is 0 Å². The molecule has 0 fully saturated rings. The van der Waals surface area contributed by atoms with Crippen molar-refractivity contribution in [3.05, 3.63) is 67.8 Å². The molecule has 9 heteroatoms. The molecule has 0 bridgehead atoms. The van der Waals surface area contributed by atoms with Gasteiger partial charge in [0, 0.05) is 26.7 Å². The summed E-state index contributed by atoms with van der Waals surface area (Å²) < 4.78 is 3.94. The summed E-state index contributed by atoms with van der Waals surface area (Å²) in [5, 5.41) is 16.6. The number of carbonyl (C=O) groups excluding carboxylic acids is 1. The first-order chi connectivity index (χ1) is 13.6. The van der Waals surface area contributed by atoms with E-state index in [1.165, 1.54) is 21.5 Å². The van der Waals surface area contributed by atoms with E-state index >= 15 is 0 Å². The third-order valence-corrected chi connectivity index (χ3v) is 7.16. The Morgan fingerprint density at radius 2 is 1.82 bits per heavy atom. The molecule has 0 saturated carbocycles. The second-order valence-corrected chi connectivity index (χ2v) is 9.37. The fraction of sp³-hybridized carbons (Fsp3) is 0.263. The van der Waals surface area contributed by atoms with Crippen molar-refractivity contribution < 1.29 is 4.79 Å². The molecule has 0 spiro atoms. The van der Waals surface area contributed by atoms with Crippen LogP contribution in [0.25, 0.3) is 0 Å². The Morgan fingerprint density at radius 1 is 1.11 bits per heavy atom. The van der Waals surface area contributed by atoms with E-state index in [1.54, 1.807) is 27.4 Å². The lowest BCUT2D eigenvalue weighted by Crippen LogP contribution is -2.08. The summed E-state index contributed by atoms with van der Waals surface area (Å²) in [5.41, 5.74) is 2.88. The van der Waals surface area contributed by atoms with Gasteiger partial charge in [-0.15, -0.1) is 27.8 Å². The number of thiophene rings is 2. The molecule has 0 aromatic carbocycles. The first kappa shape index (κ1) is 19.1. The second kappa shape index (κ2) is 8.42. The molecule has 0 amide bonds. The van der Waals surface area contributed by atoms with Crippen LogP contribution in [0.2, 0.25) is 0 Å². The van der Waals surface area contributed by atoms with Crippen molar-refractivity contribution in [2.45, 2.75) is 32.1 Å². The lowest BCUT2D eigenvalue weighted by molar-refractivity contribution is 0.102. The molecule has 6 nitrogen and oxygen atoms in total. The molecular weight excluding hydrogens is 410 g/mol.